The molecule has 0 radical (unpaired) electrons. The van der Waals surface area contributed by atoms with Crippen LogP contribution in [-0.2, 0) is 17.6 Å². The van der Waals surface area contributed by atoms with Crippen molar-refractivity contribution in [2.45, 2.75) is 69.5 Å². The number of aliphatic hydroxyl groups is 1. The number of fused-ring (bicyclic) bond motifs is 1. The molecule has 1 heterocycles. The summed E-state index contributed by atoms with van der Waals surface area (Å²) in [5.41, 5.74) is 1.12. The van der Waals surface area contributed by atoms with Gasteiger partial charge in [0.2, 0.25) is 5.91 Å². The van der Waals surface area contributed by atoms with Crippen molar-refractivity contribution in [2.24, 2.45) is 23.7 Å². The van der Waals surface area contributed by atoms with Gasteiger partial charge in [0.25, 0.3) is 0 Å². The number of nitrogens with one attached hydrogen (secondary N) is 2. The zero-order chi connectivity index (χ0) is 27.1. The van der Waals surface area contributed by atoms with Gasteiger partial charge in [0, 0.05) is 23.5 Å². The van der Waals surface area contributed by atoms with Crippen molar-refractivity contribution in [2.75, 3.05) is 6.61 Å². The zero-order valence-electron chi connectivity index (χ0n) is 22.4. The minimum atomic E-state index is -1.40. The first-order chi connectivity index (χ1) is 18.9. The summed E-state index contributed by atoms with van der Waals surface area (Å²) in [5, 5.41) is 32.4. The molecule has 8 heteroatoms. The highest BCUT2D eigenvalue weighted by atomic mass is 16.4. The van der Waals surface area contributed by atoms with Gasteiger partial charge in [-0.15, -0.1) is 0 Å². The third-order valence-electron chi connectivity index (χ3n) is 9.64. The van der Waals surface area contributed by atoms with Crippen LogP contribution in [0.4, 0.5) is 4.79 Å². The number of rotatable bonds is 9. The molecule has 0 spiro atoms. The lowest BCUT2D eigenvalue weighted by Crippen LogP contribution is -2.69. The molecule has 2 atom stereocenters. The van der Waals surface area contributed by atoms with Crippen LogP contribution >= 0.6 is 0 Å². The molecule has 4 aliphatic rings. The summed E-state index contributed by atoms with van der Waals surface area (Å²) < 4.78 is 0. The maximum Gasteiger partial charge on any atom is 0.408 e. The predicted octanol–water partition coefficient (Wildman–Crippen LogP) is 4.39. The number of para-hydroxylation sites is 1. The van der Waals surface area contributed by atoms with E-state index >= 15 is 0 Å². The molecular formula is C31H38N4O4. The van der Waals surface area contributed by atoms with Crippen molar-refractivity contribution >= 4 is 22.9 Å². The van der Waals surface area contributed by atoms with Crippen LogP contribution in [0.3, 0.4) is 0 Å². The van der Waals surface area contributed by atoms with Gasteiger partial charge in [0.1, 0.15) is 5.54 Å². The number of benzene rings is 2. The first-order valence-electron chi connectivity index (χ1n) is 14.3. The fourth-order valence-electron chi connectivity index (χ4n) is 8.15. The molecule has 2 aromatic carbocycles. The van der Waals surface area contributed by atoms with Crippen LogP contribution in [0.2, 0.25) is 0 Å². The molecule has 7 rings (SSSR count). The Hall–Kier alpha value is -3.39. The van der Waals surface area contributed by atoms with Crippen LogP contribution in [0.5, 0.6) is 0 Å². The number of hydrogen-bond donors (Lipinski definition) is 4. The minimum absolute atomic E-state index is 0.165. The number of hydrogen-bond acceptors (Lipinski definition) is 4. The van der Waals surface area contributed by atoms with Crippen molar-refractivity contribution in [3.05, 3.63) is 65.9 Å². The second kappa shape index (κ2) is 10.3. The maximum absolute atomic E-state index is 14.3. The lowest BCUT2D eigenvalue weighted by molar-refractivity contribution is -0.141. The summed E-state index contributed by atoms with van der Waals surface area (Å²) in [6, 6.07) is 16.7. The van der Waals surface area contributed by atoms with Crippen LogP contribution in [0, 0.1) is 23.7 Å². The van der Waals surface area contributed by atoms with Crippen molar-refractivity contribution in [1.29, 1.82) is 0 Å². The Balaban J connectivity index is 1.36. The van der Waals surface area contributed by atoms with Crippen molar-refractivity contribution < 1.29 is 19.8 Å². The van der Waals surface area contributed by atoms with E-state index in [9.17, 15) is 19.8 Å². The second-order valence-electron chi connectivity index (χ2n) is 12.3. The summed E-state index contributed by atoms with van der Waals surface area (Å²) in [7, 11) is 0. The fourth-order valence-corrected chi connectivity index (χ4v) is 8.15. The van der Waals surface area contributed by atoms with E-state index < -0.39 is 17.7 Å². The third-order valence-corrected chi connectivity index (χ3v) is 9.64. The Morgan fingerprint density at radius 2 is 1.67 bits per heavy atom. The van der Waals surface area contributed by atoms with Crippen LogP contribution < -0.4 is 5.32 Å². The molecule has 4 bridgehead atoms. The maximum atomic E-state index is 14.3. The van der Waals surface area contributed by atoms with Crippen LogP contribution in [0.25, 0.3) is 10.9 Å². The molecule has 39 heavy (non-hydrogen) atoms. The quantitative estimate of drug-likeness (QED) is 0.327. The molecule has 8 nitrogen and oxygen atoms in total. The summed E-state index contributed by atoms with van der Waals surface area (Å²) in [4.78, 5) is 29.0. The molecule has 0 saturated heterocycles. The highest BCUT2D eigenvalue weighted by Gasteiger charge is 2.56. The average molecular weight is 531 g/mol. The van der Waals surface area contributed by atoms with E-state index in [1.807, 2.05) is 54.6 Å². The topological polar surface area (TPSA) is 119 Å². The number of carboxylic acid groups (broad SMARTS) is 1. The van der Waals surface area contributed by atoms with E-state index in [4.69, 9.17) is 0 Å². The summed E-state index contributed by atoms with van der Waals surface area (Å²) >= 11 is 0. The molecule has 0 aliphatic heterocycles. The molecule has 2 amide bonds. The van der Waals surface area contributed by atoms with Crippen molar-refractivity contribution in [3.63, 3.8) is 0 Å². The number of aromatic amines is 1. The summed E-state index contributed by atoms with van der Waals surface area (Å²) in [6.45, 7) is 1.52. The Morgan fingerprint density at radius 1 is 1.03 bits per heavy atom. The highest BCUT2D eigenvalue weighted by Crippen LogP contribution is 2.56. The largest absolute Gasteiger partial charge is 0.465 e. The number of carbonyl (C=O) groups excluding carboxylic acids is 1. The first-order valence-corrected chi connectivity index (χ1v) is 14.3. The van der Waals surface area contributed by atoms with E-state index in [0.29, 0.717) is 18.3 Å². The molecule has 3 aromatic rings. The van der Waals surface area contributed by atoms with E-state index in [1.165, 1.54) is 11.3 Å². The summed E-state index contributed by atoms with van der Waals surface area (Å²) in [6.07, 6.45) is 4.99. The van der Waals surface area contributed by atoms with Crippen LogP contribution in [-0.4, -0.2) is 61.5 Å². The number of carbonyl (C=O) groups is 2. The molecular weight excluding hydrogens is 492 g/mol. The zero-order valence-corrected chi connectivity index (χ0v) is 22.4. The Morgan fingerprint density at radius 3 is 2.31 bits per heavy atom. The highest BCUT2D eigenvalue weighted by molar-refractivity contribution is 5.91. The van der Waals surface area contributed by atoms with Gasteiger partial charge in [-0.1, -0.05) is 48.5 Å². The third kappa shape index (κ3) is 4.80. The normalized spacial score (nSPS) is 27.7. The molecule has 4 saturated carbocycles. The molecule has 206 valence electrons. The molecule has 1 aromatic heterocycles. The average Bonchev–Trinajstić information content (AvgIpc) is 3.32. The van der Waals surface area contributed by atoms with Crippen molar-refractivity contribution in [3.8, 4) is 0 Å². The van der Waals surface area contributed by atoms with Crippen LogP contribution in [0.1, 0.15) is 50.3 Å². The fraction of sp³-hybridized carbons (Fsp3) is 0.516. The van der Waals surface area contributed by atoms with Gasteiger partial charge in [-0.25, -0.2) is 4.79 Å². The van der Waals surface area contributed by atoms with E-state index in [0.717, 1.165) is 47.8 Å². The Labute approximate surface area is 228 Å². The van der Waals surface area contributed by atoms with Gasteiger partial charge in [-0.3, -0.25) is 14.8 Å². The Kier molecular flexibility index (Phi) is 6.83. The van der Waals surface area contributed by atoms with Gasteiger partial charge in [0.15, 0.2) is 0 Å². The first kappa shape index (κ1) is 25.9. The molecule has 4 aliphatic carbocycles. The second-order valence-corrected chi connectivity index (χ2v) is 12.3. The van der Waals surface area contributed by atoms with Gasteiger partial charge in [-0.2, -0.15) is 5.10 Å². The molecule has 4 fully saturated rings. The van der Waals surface area contributed by atoms with Crippen LogP contribution in [0.15, 0.2) is 54.6 Å². The smallest absolute Gasteiger partial charge is 0.408 e. The number of aromatic nitrogens is 2. The standard InChI is InChI=1S/C31H38N4O4/c1-31(17-27-25-9-5-6-10-26(25)33-34-27,29(37)32-24(18-36)16-19-7-3-2-4-8-19)35(30(38)39)28-22-12-20-11-21(14-22)15-23(28)13-20/h2-10,20-24,28,36H,11-18H2,1H3,(H,32,37)(H,33,34)(H,38,39). The molecule has 2 unspecified atom stereocenters. The minimum Gasteiger partial charge on any atom is -0.465 e. The number of aliphatic hydroxyl groups excluding tert-OH is 1. The van der Waals surface area contributed by atoms with E-state index in [1.54, 1.807) is 6.92 Å². The van der Waals surface area contributed by atoms with Gasteiger partial charge >= 0.3 is 6.09 Å². The number of amides is 2. The number of H-pyrrole nitrogens is 1. The van der Waals surface area contributed by atoms with E-state index in [2.05, 4.69) is 15.5 Å². The lowest BCUT2D eigenvalue weighted by atomic mass is 9.53. The Bertz CT molecular complexity index is 1310. The van der Waals surface area contributed by atoms with Gasteiger partial charge < -0.3 is 15.5 Å². The van der Waals surface area contributed by atoms with Gasteiger partial charge in [-0.05, 0) is 80.8 Å². The lowest BCUT2D eigenvalue weighted by Gasteiger charge is -2.59. The molecule has 4 N–H and O–H groups in total. The predicted molar refractivity (Wildman–Crippen MR) is 148 cm³/mol. The SMILES string of the molecule is CC(Cc1[nH]nc2ccccc12)(C(=O)NC(CO)Cc1ccccc1)N(C(=O)O)C1C2CC3CC(C2)CC1C3. The van der Waals surface area contributed by atoms with Gasteiger partial charge in [0.05, 0.1) is 18.2 Å². The summed E-state index contributed by atoms with van der Waals surface area (Å²) in [5.74, 6) is 1.54. The number of nitrogens with zero attached hydrogens (tertiary/aromatic N) is 2. The monoisotopic (exact) mass is 530 g/mol. The van der Waals surface area contributed by atoms with Crippen molar-refractivity contribution in [1.82, 2.24) is 20.4 Å². The van der Waals surface area contributed by atoms with E-state index in [-0.39, 0.29) is 36.8 Å².